The topological polar surface area (TPSA) is 78.1 Å². The summed E-state index contributed by atoms with van der Waals surface area (Å²) in [5.74, 6) is -0.297. The van der Waals surface area contributed by atoms with Gasteiger partial charge in [-0.25, -0.2) is 10.4 Å². The van der Waals surface area contributed by atoms with Crippen molar-refractivity contribution in [3.8, 4) is 16.6 Å². The van der Waals surface area contributed by atoms with Crippen molar-refractivity contribution >= 4 is 33.9 Å². The molecule has 0 saturated carbocycles. The quantitative estimate of drug-likeness (QED) is 0.390. The van der Waals surface area contributed by atoms with Gasteiger partial charge >= 0.3 is 0 Å². The van der Waals surface area contributed by atoms with E-state index in [2.05, 4.69) is 21.6 Å². The van der Waals surface area contributed by atoms with Crippen molar-refractivity contribution in [3.05, 3.63) is 88.8 Å². The van der Waals surface area contributed by atoms with E-state index in [1.54, 1.807) is 41.7 Å². The molecule has 2 aromatic carbocycles. The van der Waals surface area contributed by atoms with Gasteiger partial charge in [-0.3, -0.25) is 4.79 Å². The predicted octanol–water partition coefficient (Wildman–Crippen LogP) is 4.99. The highest BCUT2D eigenvalue weighted by Gasteiger charge is 2.14. The highest BCUT2D eigenvalue weighted by atomic mass is 32.1. The van der Waals surface area contributed by atoms with Crippen molar-refractivity contribution in [2.75, 3.05) is 0 Å². The van der Waals surface area contributed by atoms with Crippen LogP contribution >= 0.6 is 11.3 Å². The Balaban J connectivity index is 1.66. The monoisotopic (exact) mass is 396 g/mol. The molecule has 2 aromatic heterocycles. The first-order valence-corrected chi connectivity index (χ1v) is 9.82. The summed E-state index contributed by atoms with van der Waals surface area (Å²) in [6.07, 6.45) is 0. The third kappa shape index (κ3) is 3.91. The second-order valence-electron chi connectivity index (χ2n) is 6.38. The van der Waals surface area contributed by atoms with Gasteiger partial charge < -0.3 is 0 Å². The first-order valence-electron chi connectivity index (χ1n) is 8.94. The Bertz CT molecular complexity index is 1250. The van der Waals surface area contributed by atoms with E-state index >= 15 is 0 Å². The molecule has 0 fully saturated rings. The van der Waals surface area contributed by atoms with Gasteiger partial charge in [0.15, 0.2) is 0 Å². The maximum Gasteiger partial charge on any atom is 0.272 e. The minimum absolute atomic E-state index is 0.297. The lowest BCUT2D eigenvalue weighted by molar-refractivity contribution is 0.0956. The van der Waals surface area contributed by atoms with E-state index in [1.807, 2.05) is 48.7 Å². The molecular formula is C23H16N4OS. The Hall–Kier alpha value is -3.82. The summed E-state index contributed by atoms with van der Waals surface area (Å²) in [5, 5.41) is 15.9. The molecule has 29 heavy (non-hydrogen) atoms. The maximum atomic E-state index is 12.9. The number of rotatable bonds is 4. The number of hydrogen-bond acceptors (Lipinski definition) is 5. The number of thiophene rings is 1. The van der Waals surface area contributed by atoms with Crippen LogP contribution < -0.4 is 5.43 Å². The maximum absolute atomic E-state index is 12.9. The molecule has 0 unspecified atom stereocenters. The van der Waals surface area contributed by atoms with Crippen molar-refractivity contribution < 1.29 is 4.79 Å². The van der Waals surface area contributed by atoms with E-state index in [0.29, 0.717) is 16.8 Å². The van der Waals surface area contributed by atoms with Gasteiger partial charge in [0.25, 0.3) is 5.91 Å². The summed E-state index contributed by atoms with van der Waals surface area (Å²) in [6.45, 7) is 1.81. The number of benzene rings is 2. The first-order chi connectivity index (χ1) is 14.2. The molecule has 2 heterocycles. The molecule has 1 N–H and O–H groups in total. The molecule has 140 valence electrons. The van der Waals surface area contributed by atoms with Crippen LogP contribution in [0.2, 0.25) is 0 Å². The standard InChI is InChI=1S/C23H16N4OS/c1-15(17-10-8-16(14-24)9-11-17)26-27-23(28)19-13-21(22-7-4-12-29-22)25-20-6-3-2-5-18(19)20/h2-13H,1H3,(H,27,28). The lowest BCUT2D eigenvalue weighted by Crippen LogP contribution is -2.20. The number of carbonyl (C=O) groups is 1. The minimum atomic E-state index is -0.297. The number of aromatic nitrogens is 1. The van der Waals surface area contributed by atoms with E-state index in [0.717, 1.165) is 27.0 Å². The van der Waals surface area contributed by atoms with Crippen LogP contribution in [0.4, 0.5) is 0 Å². The Morgan fingerprint density at radius 2 is 1.90 bits per heavy atom. The van der Waals surface area contributed by atoms with Crippen molar-refractivity contribution in [2.24, 2.45) is 5.10 Å². The molecule has 0 aliphatic carbocycles. The number of carbonyl (C=O) groups excluding carboxylic acids is 1. The molecule has 0 atom stereocenters. The average molecular weight is 396 g/mol. The fourth-order valence-electron chi connectivity index (χ4n) is 2.96. The summed E-state index contributed by atoms with van der Waals surface area (Å²) in [6, 6.07) is 22.5. The van der Waals surface area contributed by atoms with Crippen molar-refractivity contribution in [1.29, 1.82) is 5.26 Å². The van der Waals surface area contributed by atoms with Crippen molar-refractivity contribution in [3.63, 3.8) is 0 Å². The van der Waals surface area contributed by atoms with E-state index in [-0.39, 0.29) is 5.91 Å². The number of nitriles is 1. The average Bonchev–Trinajstić information content (AvgIpc) is 3.31. The number of hydrogen-bond donors (Lipinski definition) is 1. The smallest absolute Gasteiger partial charge is 0.267 e. The lowest BCUT2D eigenvalue weighted by Gasteiger charge is -2.08. The molecule has 1 amide bonds. The van der Waals surface area contributed by atoms with Crippen LogP contribution in [0.15, 0.2) is 77.2 Å². The fraction of sp³-hybridized carbons (Fsp3) is 0.0435. The van der Waals surface area contributed by atoms with E-state index in [9.17, 15) is 4.79 Å². The van der Waals surface area contributed by atoms with E-state index < -0.39 is 0 Å². The van der Waals surface area contributed by atoms with Crippen LogP contribution in [0.5, 0.6) is 0 Å². The van der Waals surface area contributed by atoms with Gasteiger partial charge in [0, 0.05) is 5.39 Å². The number of nitrogens with one attached hydrogen (secondary N) is 1. The summed E-state index contributed by atoms with van der Waals surface area (Å²) >= 11 is 1.58. The Morgan fingerprint density at radius 3 is 2.62 bits per heavy atom. The first kappa shape index (κ1) is 18.5. The zero-order valence-corrected chi connectivity index (χ0v) is 16.4. The zero-order chi connectivity index (χ0) is 20.2. The van der Waals surface area contributed by atoms with Crippen LogP contribution in [0, 0.1) is 11.3 Å². The largest absolute Gasteiger partial charge is 0.272 e. The Morgan fingerprint density at radius 1 is 1.10 bits per heavy atom. The lowest BCUT2D eigenvalue weighted by atomic mass is 10.1. The number of pyridine rings is 1. The molecule has 0 aliphatic heterocycles. The molecule has 0 aliphatic rings. The van der Waals surface area contributed by atoms with Crippen molar-refractivity contribution in [1.82, 2.24) is 10.4 Å². The number of para-hydroxylation sites is 1. The van der Waals surface area contributed by atoms with Gasteiger partial charge in [0.05, 0.1) is 39.0 Å². The van der Waals surface area contributed by atoms with Crippen LogP contribution in [-0.2, 0) is 0 Å². The number of amides is 1. The highest BCUT2D eigenvalue weighted by molar-refractivity contribution is 7.13. The SMILES string of the molecule is CC(=NNC(=O)c1cc(-c2cccs2)nc2ccccc12)c1ccc(C#N)cc1. The van der Waals surface area contributed by atoms with Gasteiger partial charge in [-0.05, 0) is 48.2 Å². The summed E-state index contributed by atoms with van der Waals surface area (Å²) in [7, 11) is 0. The molecule has 5 nitrogen and oxygen atoms in total. The number of hydrazone groups is 1. The number of fused-ring (bicyclic) bond motifs is 1. The minimum Gasteiger partial charge on any atom is -0.267 e. The van der Waals surface area contributed by atoms with E-state index in [1.165, 1.54) is 0 Å². The molecular weight excluding hydrogens is 380 g/mol. The third-order valence-corrected chi connectivity index (χ3v) is 5.38. The zero-order valence-electron chi connectivity index (χ0n) is 15.6. The van der Waals surface area contributed by atoms with E-state index in [4.69, 9.17) is 5.26 Å². The van der Waals surface area contributed by atoms with Crippen LogP contribution in [0.3, 0.4) is 0 Å². The van der Waals surface area contributed by atoms with Gasteiger partial charge in [-0.2, -0.15) is 10.4 Å². The second kappa shape index (κ2) is 8.05. The van der Waals surface area contributed by atoms with Crippen molar-refractivity contribution in [2.45, 2.75) is 6.92 Å². The second-order valence-corrected chi connectivity index (χ2v) is 7.32. The molecule has 0 bridgehead atoms. The molecule has 4 rings (SSSR count). The highest BCUT2D eigenvalue weighted by Crippen LogP contribution is 2.27. The van der Waals surface area contributed by atoms with Gasteiger partial charge in [-0.1, -0.05) is 36.4 Å². The molecule has 0 radical (unpaired) electrons. The Kier molecular flexibility index (Phi) is 5.14. The molecule has 0 saturated heterocycles. The summed E-state index contributed by atoms with van der Waals surface area (Å²) in [5.41, 5.74) is 6.76. The van der Waals surface area contributed by atoms with Gasteiger partial charge in [0.1, 0.15) is 0 Å². The fourth-order valence-corrected chi connectivity index (χ4v) is 3.65. The van der Waals surface area contributed by atoms with Crippen LogP contribution in [-0.4, -0.2) is 16.6 Å². The normalized spacial score (nSPS) is 11.2. The third-order valence-electron chi connectivity index (χ3n) is 4.49. The van der Waals surface area contributed by atoms with Crippen LogP contribution in [0.1, 0.15) is 28.4 Å². The molecule has 0 spiro atoms. The Labute approximate surface area is 172 Å². The summed E-state index contributed by atoms with van der Waals surface area (Å²) in [4.78, 5) is 18.6. The predicted molar refractivity (Wildman–Crippen MR) is 116 cm³/mol. The number of nitrogens with zero attached hydrogens (tertiary/aromatic N) is 3. The van der Waals surface area contributed by atoms with Gasteiger partial charge in [-0.15, -0.1) is 11.3 Å². The van der Waals surface area contributed by atoms with Crippen LogP contribution in [0.25, 0.3) is 21.5 Å². The molecule has 4 aromatic rings. The molecule has 6 heteroatoms. The summed E-state index contributed by atoms with van der Waals surface area (Å²) < 4.78 is 0. The van der Waals surface area contributed by atoms with Gasteiger partial charge in [0.2, 0.25) is 0 Å².